The Balaban J connectivity index is 1.98. The summed E-state index contributed by atoms with van der Waals surface area (Å²) in [7, 11) is 0. The standard InChI is InChI=1S/C14H21N5OS/c1-3-19(8-10-5-4-6-20-10)12-11-7-9(2)21-13(11)17-14(16-12)18-15/h7,10H,3-6,8,15H2,1-2H3,(H,16,17,18). The highest BCUT2D eigenvalue weighted by atomic mass is 32.1. The monoisotopic (exact) mass is 307 g/mol. The maximum Gasteiger partial charge on any atom is 0.240 e. The van der Waals surface area contributed by atoms with Crippen molar-refractivity contribution >= 4 is 33.3 Å². The molecule has 0 radical (unpaired) electrons. The Bertz CT molecular complexity index is 623. The van der Waals surface area contributed by atoms with E-state index < -0.39 is 0 Å². The normalized spacial score (nSPS) is 18.3. The summed E-state index contributed by atoms with van der Waals surface area (Å²) in [4.78, 5) is 13.5. The number of likely N-dealkylation sites (N-methyl/N-ethyl adjacent to an activating group) is 1. The summed E-state index contributed by atoms with van der Waals surface area (Å²) in [6.07, 6.45) is 2.56. The molecule has 1 unspecified atom stereocenters. The maximum absolute atomic E-state index is 5.76. The number of hydrazine groups is 1. The number of nitrogens with two attached hydrogens (primary N) is 1. The zero-order valence-corrected chi connectivity index (χ0v) is 13.2. The van der Waals surface area contributed by atoms with E-state index in [1.165, 1.54) is 4.88 Å². The van der Waals surface area contributed by atoms with Crippen LogP contribution in [-0.2, 0) is 4.74 Å². The maximum atomic E-state index is 5.76. The number of nitrogens with one attached hydrogen (secondary N) is 1. The van der Waals surface area contributed by atoms with E-state index in [1.807, 2.05) is 0 Å². The number of hydrogen-bond acceptors (Lipinski definition) is 7. The predicted molar refractivity (Wildman–Crippen MR) is 86.8 cm³/mol. The molecular formula is C14H21N5OS. The Labute approximate surface area is 128 Å². The van der Waals surface area contributed by atoms with Gasteiger partial charge >= 0.3 is 0 Å². The molecule has 1 saturated heterocycles. The molecule has 21 heavy (non-hydrogen) atoms. The van der Waals surface area contributed by atoms with Crippen LogP contribution in [0.15, 0.2) is 6.07 Å². The second-order valence-corrected chi connectivity index (χ2v) is 6.50. The number of nitrogen functional groups attached to an aromatic ring is 1. The molecule has 3 N–H and O–H groups in total. The average molecular weight is 307 g/mol. The van der Waals surface area contributed by atoms with E-state index in [-0.39, 0.29) is 0 Å². The minimum absolute atomic E-state index is 0.295. The van der Waals surface area contributed by atoms with E-state index in [0.29, 0.717) is 12.1 Å². The van der Waals surface area contributed by atoms with Crippen LogP contribution in [0.3, 0.4) is 0 Å². The first kappa shape index (κ1) is 14.5. The summed E-state index contributed by atoms with van der Waals surface area (Å²) in [5, 5.41) is 1.09. The molecular weight excluding hydrogens is 286 g/mol. The van der Waals surface area contributed by atoms with Crippen molar-refractivity contribution in [3.05, 3.63) is 10.9 Å². The van der Waals surface area contributed by atoms with Crippen LogP contribution in [0.5, 0.6) is 0 Å². The Morgan fingerprint density at radius 3 is 3.05 bits per heavy atom. The molecule has 1 aliphatic heterocycles. The molecule has 0 saturated carbocycles. The zero-order chi connectivity index (χ0) is 14.8. The molecule has 6 nitrogen and oxygen atoms in total. The number of anilines is 2. The third-order valence-electron chi connectivity index (χ3n) is 3.75. The van der Waals surface area contributed by atoms with Crippen molar-refractivity contribution < 1.29 is 4.74 Å². The van der Waals surface area contributed by atoms with Gasteiger partial charge in [-0.1, -0.05) is 0 Å². The fourth-order valence-corrected chi connectivity index (χ4v) is 3.61. The lowest BCUT2D eigenvalue weighted by Crippen LogP contribution is -2.33. The fraction of sp³-hybridized carbons (Fsp3) is 0.571. The second kappa shape index (κ2) is 6.13. The molecule has 3 heterocycles. The van der Waals surface area contributed by atoms with Crippen LogP contribution in [0.25, 0.3) is 10.2 Å². The molecule has 0 amide bonds. The summed E-state index contributed by atoms with van der Waals surface area (Å²) in [5.41, 5.74) is 2.57. The van der Waals surface area contributed by atoms with E-state index in [0.717, 1.165) is 48.6 Å². The summed E-state index contributed by atoms with van der Waals surface area (Å²) in [6.45, 7) is 6.83. The minimum Gasteiger partial charge on any atom is -0.376 e. The van der Waals surface area contributed by atoms with Crippen LogP contribution in [0.2, 0.25) is 0 Å². The van der Waals surface area contributed by atoms with Gasteiger partial charge in [-0.05, 0) is 32.8 Å². The van der Waals surface area contributed by atoms with Crippen LogP contribution in [-0.4, -0.2) is 35.8 Å². The first-order chi connectivity index (χ1) is 10.2. The lowest BCUT2D eigenvalue weighted by Gasteiger charge is -2.25. The molecule has 114 valence electrons. The highest BCUT2D eigenvalue weighted by Gasteiger charge is 2.22. The summed E-state index contributed by atoms with van der Waals surface area (Å²) >= 11 is 1.66. The van der Waals surface area contributed by atoms with Gasteiger partial charge in [0, 0.05) is 24.6 Å². The zero-order valence-electron chi connectivity index (χ0n) is 12.4. The molecule has 0 aliphatic carbocycles. The minimum atomic E-state index is 0.295. The van der Waals surface area contributed by atoms with E-state index in [9.17, 15) is 0 Å². The van der Waals surface area contributed by atoms with Crippen molar-refractivity contribution in [1.82, 2.24) is 9.97 Å². The molecule has 2 aromatic rings. The molecule has 3 rings (SSSR count). The van der Waals surface area contributed by atoms with Crippen molar-refractivity contribution in [2.45, 2.75) is 32.8 Å². The topological polar surface area (TPSA) is 76.3 Å². The summed E-state index contributed by atoms with van der Waals surface area (Å²) in [6, 6.07) is 2.15. The molecule has 1 fully saturated rings. The molecule has 0 bridgehead atoms. The lowest BCUT2D eigenvalue weighted by atomic mass is 10.2. The van der Waals surface area contributed by atoms with Crippen LogP contribution >= 0.6 is 11.3 Å². The largest absolute Gasteiger partial charge is 0.376 e. The Morgan fingerprint density at radius 2 is 2.38 bits per heavy atom. The Morgan fingerprint density at radius 1 is 1.52 bits per heavy atom. The first-order valence-corrected chi connectivity index (χ1v) is 8.14. The molecule has 0 spiro atoms. The Kier molecular flexibility index (Phi) is 4.23. The predicted octanol–water partition coefficient (Wildman–Crippen LogP) is 2.29. The van der Waals surface area contributed by atoms with E-state index >= 15 is 0 Å². The number of thiophene rings is 1. The van der Waals surface area contributed by atoms with Gasteiger partial charge in [-0.15, -0.1) is 11.3 Å². The van der Waals surface area contributed by atoms with Gasteiger partial charge in [-0.2, -0.15) is 4.98 Å². The van der Waals surface area contributed by atoms with Crippen LogP contribution in [0.1, 0.15) is 24.6 Å². The quantitative estimate of drug-likeness (QED) is 0.652. The van der Waals surface area contributed by atoms with Gasteiger partial charge < -0.3 is 9.64 Å². The number of ether oxygens (including phenoxy) is 1. The van der Waals surface area contributed by atoms with Crippen molar-refractivity contribution in [2.75, 3.05) is 30.0 Å². The highest BCUT2D eigenvalue weighted by Crippen LogP contribution is 2.32. The highest BCUT2D eigenvalue weighted by molar-refractivity contribution is 7.18. The van der Waals surface area contributed by atoms with Crippen LogP contribution in [0, 0.1) is 6.92 Å². The second-order valence-electron chi connectivity index (χ2n) is 5.26. The number of aryl methyl sites for hydroxylation is 1. The van der Waals surface area contributed by atoms with Crippen molar-refractivity contribution in [1.29, 1.82) is 0 Å². The van der Waals surface area contributed by atoms with Gasteiger partial charge in [0.05, 0.1) is 11.5 Å². The summed E-state index contributed by atoms with van der Waals surface area (Å²) < 4.78 is 5.76. The molecule has 7 heteroatoms. The smallest absolute Gasteiger partial charge is 0.240 e. The molecule has 2 aromatic heterocycles. The third kappa shape index (κ3) is 2.95. The van der Waals surface area contributed by atoms with Gasteiger partial charge in [-0.3, -0.25) is 5.43 Å². The van der Waals surface area contributed by atoms with E-state index in [1.54, 1.807) is 11.3 Å². The van der Waals surface area contributed by atoms with E-state index in [2.05, 4.69) is 40.2 Å². The van der Waals surface area contributed by atoms with Gasteiger partial charge in [0.25, 0.3) is 0 Å². The number of aromatic nitrogens is 2. The van der Waals surface area contributed by atoms with Gasteiger partial charge in [-0.25, -0.2) is 10.8 Å². The first-order valence-electron chi connectivity index (χ1n) is 7.32. The van der Waals surface area contributed by atoms with Gasteiger partial charge in [0.15, 0.2) is 0 Å². The lowest BCUT2D eigenvalue weighted by molar-refractivity contribution is 0.115. The van der Waals surface area contributed by atoms with Crippen molar-refractivity contribution in [2.24, 2.45) is 5.84 Å². The number of fused-ring (bicyclic) bond motifs is 1. The summed E-state index contributed by atoms with van der Waals surface area (Å²) in [5.74, 6) is 6.91. The van der Waals surface area contributed by atoms with Crippen molar-refractivity contribution in [3.63, 3.8) is 0 Å². The van der Waals surface area contributed by atoms with Crippen LogP contribution < -0.4 is 16.2 Å². The number of hydrogen-bond donors (Lipinski definition) is 2. The third-order valence-corrected chi connectivity index (χ3v) is 4.70. The Hall–Kier alpha value is -1.44. The van der Waals surface area contributed by atoms with Gasteiger partial charge in [0.2, 0.25) is 5.95 Å². The van der Waals surface area contributed by atoms with Crippen LogP contribution in [0.4, 0.5) is 11.8 Å². The molecule has 1 aliphatic rings. The molecule has 1 atom stereocenters. The van der Waals surface area contributed by atoms with Gasteiger partial charge in [0.1, 0.15) is 10.6 Å². The average Bonchev–Trinajstić information content (AvgIpc) is 3.11. The fourth-order valence-electron chi connectivity index (χ4n) is 2.73. The van der Waals surface area contributed by atoms with Crippen molar-refractivity contribution in [3.8, 4) is 0 Å². The molecule has 0 aromatic carbocycles. The van der Waals surface area contributed by atoms with E-state index in [4.69, 9.17) is 10.6 Å². The number of rotatable bonds is 5. The SMILES string of the molecule is CCN(CC1CCCO1)c1nc(NN)nc2sc(C)cc12. The number of nitrogens with zero attached hydrogens (tertiary/aromatic N) is 3.